The van der Waals surface area contributed by atoms with Gasteiger partial charge in [0.2, 0.25) is 11.8 Å². The van der Waals surface area contributed by atoms with Gasteiger partial charge in [-0.2, -0.15) is 0 Å². The van der Waals surface area contributed by atoms with E-state index in [0.717, 1.165) is 0 Å². The predicted octanol–water partition coefficient (Wildman–Crippen LogP) is 1.68. The molecule has 0 aromatic carbocycles. The number of carbonyl (C=O) groups excluding carboxylic acids is 1. The van der Waals surface area contributed by atoms with Crippen LogP contribution in [0.25, 0.3) is 0 Å². The minimum absolute atomic E-state index is 0. The van der Waals surface area contributed by atoms with Crippen LogP contribution in [0.2, 0.25) is 0 Å². The fraction of sp³-hybridized carbons (Fsp3) is 0.286. The van der Waals surface area contributed by atoms with Crippen LogP contribution in [0.3, 0.4) is 0 Å². The Labute approximate surface area is 71.4 Å². The molecule has 0 aliphatic heterocycles. The maximum Gasteiger partial charge on any atom is 0.225 e. The van der Waals surface area contributed by atoms with Crippen molar-refractivity contribution in [3.05, 3.63) is 18.4 Å². The van der Waals surface area contributed by atoms with Crippen LogP contribution in [0.1, 0.15) is 6.92 Å². The molecule has 4 heteroatoms. The van der Waals surface area contributed by atoms with Crippen LogP contribution in [0, 0.1) is 0 Å². The van der Waals surface area contributed by atoms with Gasteiger partial charge >= 0.3 is 0 Å². The molecule has 62 valence electrons. The second-order valence-electron chi connectivity index (χ2n) is 2.03. The first-order chi connectivity index (χ1) is 4.72. The van der Waals surface area contributed by atoms with Crippen molar-refractivity contribution in [2.45, 2.75) is 6.92 Å². The first-order valence-corrected chi connectivity index (χ1v) is 2.99. The maximum atomic E-state index is 10.7. The third-order valence-electron chi connectivity index (χ3n) is 1.31. The second kappa shape index (κ2) is 4.03. The van der Waals surface area contributed by atoms with Crippen LogP contribution < -0.4 is 4.90 Å². The molecule has 1 rings (SSSR count). The first-order valence-electron chi connectivity index (χ1n) is 2.99. The summed E-state index contributed by atoms with van der Waals surface area (Å²) in [7, 11) is 1.67. The largest absolute Gasteiger partial charge is 0.448 e. The highest BCUT2D eigenvalue weighted by atomic mass is 35.5. The highest BCUT2D eigenvalue weighted by molar-refractivity contribution is 5.89. The molecule has 1 aromatic rings. The first kappa shape index (κ1) is 10.0. The summed E-state index contributed by atoms with van der Waals surface area (Å²) >= 11 is 0. The molecule has 0 unspecified atom stereocenters. The van der Waals surface area contributed by atoms with E-state index in [1.165, 1.54) is 18.1 Å². The molecule has 1 amide bonds. The Kier molecular flexibility index (Phi) is 3.68. The van der Waals surface area contributed by atoms with Gasteiger partial charge in [0.05, 0.1) is 6.26 Å². The van der Waals surface area contributed by atoms with E-state index in [0.29, 0.717) is 5.88 Å². The van der Waals surface area contributed by atoms with Crippen LogP contribution in [0.5, 0.6) is 0 Å². The zero-order valence-electron chi connectivity index (χ0n) is 6.40. The fourth-order valence-corrected chi connectivity index (χ4v) is 0.616. The zero-order chi connectivity index (χ0) is 7.56. The van der Waals surface area contributed by atoms with Crippen molar-refractivity contribution >= 4 is 24.2 Å². The van der Waals surface area contributed by atoms with Crippen molar-refractivity contribution in [3.63, 3.8) is 0 Å². The Bertz CT molecular complexity index is 220. The van der Waals surface area contributed by atoms with Crippen molar-refractivity contribution in [1.82, 2.24) is 0 Å². The summed E-state index contributed by atoms with van der Waals surface area (Å²) in [6, 6.07) is 3.48. The number of nitrogens with zero attached hydrogens (tertiary/aromatic N) is 1. The number of rotatable bonds is 1. The maximum absolute atomic E-state index is 10.7. The number of carbonyl (C=O) groups is 1. The molecule has 0 radical (unpaired) electrons. The summed E-state index contributed by atoms with van der Waals surface area (Å²) in [4.78, 5) is 12.2. The standard InChI is InChI=1S/C7H9NO2.ClH/c1-6(9)8(2)7-4-3-5-10-7;/h3-5H,1-2H3;1H. The van der Waals surface area contributed by atoms with E-state index in [1.54, 1.807) is 19.2 Å². The van der Waals surface area contributed by atoms with Crippen molar-refractivity contribution in [3.8, 4) is 0 Å². The SMILES string of the molecule is CC(=O)N(C)c1ccco1.Cl. The third kappa shape index (κ3) is 2.27. The van der Waals surface area contributed by atoms with Gasteiger partial charge in [0.1, 0.15) is 0 Å². The molecule has 1 heterocycles. The van der Waals surface area contributed by atoms with Gasteiger partial charge in [-0.15, -0.1) is 12.4 Å². The molecule has 0 saturated heterocycles. The number of anilines is 1. The number of furan rings is 1. The number of hydrogen-bond acceptors (Lipinski definition) is 2. The molecule has 0 spiro atoms. The Morgan fingerprint density at radius 1 is 1.64 bits per heavy atom. The van der Waals surface area contributed by atoms with Crippen molar-refractivity contribution in [2.24, 2.45) is 0 Å². The van der Waals surface area contributed by atoms with Crippen LogP contribution in [0.4, 0.5) is 5.88 Å². The molecule has 11 heavy (non-hydrogen) atoms. The Morgan fingerprint density at radius 2 is 2.27 bits per heavy atom. The van der Waals surface area contributed by atoms with Gasteiger partial charge in [-0.05, 0) is 6.07 Å². The van der Waals surface area contributed by atoms with Crippen LogP contribution in [-0.4, -0.2) is 13.0 Å². The van der Waals surface area contributed by atoms with Gasteiger partial charge in [-0.1, -0.05) is 0 Å². The molecule has 0 aliphatic carbocycles. The van der Waals surface area contributed by atoms with Gasteiger partial charge in [0.25, 0.3) is 0 Å². The lowest BCUT2D eigenvalue weighted by Crippen LogP contribution is -2.21. The Morgan fingerprint density at radius 3 is 2.64 bits per heavy atom. The average molecular weight is 176 g/mol. The van der Waals surface area contributed by atoms with E-state index >= 15 is 0 Å². The average Bonchev–Trinajstić information content (AvgIpc) is 2.36. The molecule has 0 fully saturated rings. The monoisotopic (exact) mass is 175 g/mol. The number of halogens is 1. The number of hydrogen-bond donors (Lipinski definition) is 0. The highest BCUT2D eigenvalue weighted by Gasteiger charge is 2.05. The van der Waals surface area contributed by atoms with E-state index in [9.17, 15) is 4.79 Å². The predicted molar refractivity (Wildman–Crippen MR) is 45.0 cm³/mol. The smallest absolute Gasteiger partial charge is 0.225 e. The minimum Gasteiger partial charge on any atom is -0.448 e. The van der Waals surface area contributed by atoms with Crippen LogP contribution >= 0.6 is 12.4 Å². The summed E-state index contributed by atoms with van der Waals surface area (Å²) < 4.78 is 4.96. The molecule has 0 bridgehead atoms. The fourth-order valence-electron chi connectivity index (χ4n) is 0.616. The lowest BCUT2D eigenvalue weighted by atomic mass is 10.5. The van der Waals surface area contributed by atoms with Crippen molar-refractivity contribution < 1.29 is 9.21 Å². The molecule has 3 nitrogen and oxygen atoms in total. The summed E-state index contributed by atoms with van der Waals surface area (Å²) in [5.74, 6) is 0.544. The topological polar surface area (TPSA) is 33.5 Å². The van der Waals surface area contributed by atoms with E-state index < -0.39 is 0 Å². The van der Waals surface area contributed by atoms with Crippen molar-refractivity contribution in [2.75, 3.05) is 11.9 Å². The molecular formula is C7H10ClNO2. The normalized spacial score (nSPS) is 8.55. The Balaban J connectivity index is 0.000001000. The zero-order valence-corrected chi connectivity index (χ0v) is 7.22. The van der Waals surface area contributed by atoms with Gasteiger partial charge in [-0.3, -0.25) is 9.69 Å². The van der Waals surface area contributed by atoms with E-state index in [4.69, 9.17) is 4.42 Å². The van der Waals surface area contributed by atoms with Crippen molar-refractivity contribution in [1.29, 1.82) is 0 Å². The van der Waals surface area contributed by atoms with E-state index in [1.807, 2.05) is 0 Å². The van der Waals surface area contributed by atoms with Gasteiger partial charge in [0.15, 0.2) is 0 Å². The molecule has 0 aliphatic rings. The summed E-state index contributed by atoms with van der Waals surface area (Å²) in [5.41, 5.74) is 0. The quantitative estimate of drug-likeness (QED) is 0.651. The summed E-state index contributed by atoms with van der Waals surface area (Å²) in [6.07, 6.45) is 1.54. The van der Waals surface area contributed by atoms with Gasteiger partial charge in [0, 0.05) is 20.0 Å². The molecular weight excluding hydrogens is 166 g/mol. The van der Waals surface area contributed by atoms with Gasteiger partial charge in [-0.25, -0.2) is 0 Å². The highest BCUT2D eigenvalue weighted by Crippen LogP contribution is 2.11. The summed E-state index contributed by atoms with van der Waals surface area (Å²) in [6.45, 7) is 1.49. The lowest BCUT2D eigenvalue weighted by molar-refractivity contribution is -0.116. The summed E-state index contributed by atoms with van der Waals surface area (Å²) in [5, 5.41) is 0. The van der Waals surface area contributed by atoms with E-state index in [2.05, 4.69) is 0 Å². The Hall–Kier alpha value is -0.960. The number of amides is 1. The molecule has 0 N–H and O–H groups in total. The molecule has 0 atom stereocenters. The van der Waals surface area contributed by atoms with Crippen LogP contribution in [0.15, 0.2) is 22.8 Å². The van der Waals surface area contributed by atoms with Gasteiger partial charge < -0.3 is 4.42 Å². The van der Waals surface area contributed by atoms with E-state index in [-0.39, 0.29) is 18.3 Å². The molecule has 1 aromatic heterocycles. The van der Waals surface area contributed by atoms with Crippen LogP contribution in [-0.2, 0) is 4.79 Å². The third-order valence-corrected chi connectivity index (χ3v) is 1.31. The second-order valence-corrected chi connectivity index (χ2v) is 2.03. The lowest BCUT2D eigenvalue weighted by Gasteiger charge is -2.09. The minimum atomic E-state index is -0.0325. The molecule has 0 saturated carbocycles.